The van der Waals surface area contributed by atoms with Gasteiger partial charge in [0.2, 0.25) is 5.95 Å². The molecule has 3 aromatic heterocycles. The Labute approximate surface area is 306 Å². The quantitative estimate of drug-likeness (QED) is 0.186. The summed E-state index contributed by atoms with van der Waals surface area (Å²) in [5.41, 5.74) is 2.05. The van der Waals surface area contributed by atoms with E-state index in [4.69, 9.17) is 32.8 Å². The van der Waals surface area contributed by atoms with Gasteiger partial charge in [0.05, 0.1) is 39.9 Å². The van der Waals surface area contributed by atoms with Crippen molar-refractivity contribution >= 4 is 43.6 Å². The summed E-state index contributed by atoms with van der Waals surface area (Å²) in [5, 5.41) is 1.58. The molecule has 0 unspecified atom stereocenters. The van der Waals surface area contributed by atoms with Crippen LogP contribution in [0.25, 0.3) is 89.2 Å². The lowest BCUT2D eigenvalue weighted by Gasteiger charge is -2.15. The maximum Gasteiger partial charge on any atom is 0.238 e. The van der Waals surface area contributed by atoms with E-state index in [1.165, 1.54) is 10.6 Å². The SMILES string of the molecule is [2H]c1c([2H])c([2H])c(-c2cc(-c3nc(-c4ccccc4)nc(-n4c5ccccc5c5ccccc54)n3)cc(-n3c4c([2H])c([2H])c([2H])c([2H])c4c4c([2H])c([2H])c([2H])c([2H])c43)c2)c([2H])c1[2H]. The Hall–Kier alpha value is -6.85. The smallest absolute Gasteiger partial charge is 0.238 e. The number of nitrogens with zero attached hydrogens (tertiary/aromatic N) is 5. The van der Waals surface area contributed by atoms with Crippen molar-refractivity contribution in [2.45, 2.75) is 0 Å². The summed E-state index contributed by atoms with van der Waals surface area (Å²) >= 11 is 0. The monoisotopic (exact) mass is 652 g/mol. The second-order valence-electron chi connectivity index (χ2n) is 11.6. The Morgan fingerprint density at radius 2 is 0.920 bits per heavy atom. The van der Waals surface area contributed by atoms with Crippen LogP contribution in [0.2, 0.25) is 0 Å². The van der Waals surface area contributed by atoms with Crippen LogP contribution in [0.5, 0.6) is 0 Å². The Morgan fingerprint density at radius 3 is 1.58 bits per heavy atom. The summed E-state index contributed by atoms with van der Waals surface area (Å²) in [6.45, 7) is 0. The van der Waals surface area contributed by atoms with Gasteiger partial charge >= 0.3 is 0 Å². The summed E-state index contributed by atoms with van der Waals surface area (Å²) < 4.78 is 117. The number of fused-ring (bicyclic) bond motifs is 6. The zero-order chi connectivity index (χ0) is 44.3. The maximum atomic E-state index is 9.15. The van der Waals surface area contributed by atoms with Crippen molar-refractivity contribution in [1.82, 2.24) is 24.1 Å². The first-order chi connectivity index (χ1) is 30.2. The molecule has 7 aromatic carbocycles. The number of aromatic nitrogens is 5. The molecule has 234 valence electrons. The largest absolute Gasteiger partial charge is 0.309 e. The van der Waals surface area contributed by atoms with E-state index in [1.807, 2.05) is 83.4 Å². The van der Waals surface area contributed by atoms with Gasteiger partial charge in [-0.15, -0.1) is 0 Å². The highest BCUT2D eigenvalue weighted by atomic mass is 15.2. The predicted octanol–water partition coefficient (Wildman–Crippen LogP) is 11.1. The third kappa shape index (κ3) is 4.52. The molecule has 0 bridgehead atoms. The number of hydrogen-bond donors (Lipinski definition) is 0. The average molecular weight is 653 g/mol. The molecule has 0 aliphatic rings. The van der Waals surface area contributed by atoms with Gasteiger partial charge < -0.3 is 4.57 Å². The third-order valence-electron chi connectivity index (χ3n) is 8.69. The maximum absolute atomic E-state index is 9.15. The van der Waals surface area contributed by atoms with Gasteiger partial charge in [-0.2, -0.15) is 9.97 Å². The van der Waals surface area contributed by atoms with Crippen molar-refractivity contribution in [2.75, 3.05) is 0 Å². The summed E-state index contributed by atoms with van der Waals surface area (Å²) in [6.07, 6.45) is 0. The first-order valence-electron chi connectivity index (χ1n) is 22.2. The summed E-state index contributed by atoms with van der Waals surface area (Å²) in [4.78, 5) is 15.0. The van der Waals surface area contributed by atoms with E-state index in [2.05, 4.69) is 0 Å². The highest BCUT2D eigenvalue weighted by Gasteiger charge is 2.19. The van der Waals surface area contributed by atoms with E-state index < -0.39 is 78.6 Å². The van der Waals surface area contributed by atoms with E-state index in [9.17, 15) is 0 Å². The minimum atomic E-state index is -0.616. The molecule has 5 heteroatoms. The molecule has 0 radical (unpaired) electrons. The van der Waals surface area contributed by atoms with E-state index in [0.717, 1.165) is 21.8 Å². The molecule has 0 N–H and O–H groups in total. The Morgan fingerprint density at radius 1 is 0.380 bits per heavy atom. The van der Waals surface area contributed by atoms with Gasteiger partial charge in [0, 0.05) is 38.4 Å². The van der Waals surface area contributed by atoms with Crippen molar-refractivity contribution in [1.29, 1.82) is 0 Å². The zero-order valence-electron chi connectivity index (χ0n) is 39.0. The van der Waals surface area contributed by atoms with Crippen molar-refractivity contribution in [3.05, 3.63) is 176 Å². The van der Waals surface area contributed by atoms with Crippen LogP contribution in [0.3, 0.4) is 0 Å². The molecule has 0 amide bonds. The number of hydrogen-bond acceptors (Lipinski definition) is 3. The predicted molar refractivity (Wildman–Crippen MR) is 205 cm³/mol. The summed E-state index contributed by atoms with van der Waals surface area (Å²) in [7, 11) is 0. The molecule has 0 aliphatic carbocycles. The Kier molecular flexibility index (Phi) is 4.12. The van der Waals surface area contributed by atoms with E-state index in [1.54, 1.807) is 12.1 Å². The number of rotatable bonds is 5. The van der Waals surface area contributed by atoms with Crippen LogP contribution in [-0.2, 0) is 0 Å². The van der Waals surface area contributed by atoms with Gasteiger partial charge in [0.25, 0.3) is 0 Å². The van der Waals surface area contributed by atoms with Gasteiger partial charge in [0.15, 0.2) is 11.6 Å². The first kappa shape index (κ1) is 18.1. The van der Waals surface area contributed by atoms with Gasteiger partial charge in [-0.3, -0.25) is 4.57 Å². The van der Waals surface area contributed by atoms with Gasteiger partial charge in [0.1, 0.15) is 0 Å². The van der Waals surface area contributed by atoms with E-state index in [0.29, 0.717) is 5.56 Å². The summed E-state index contributed by atoms with van der Waals surface area (Å²) in [6, 6.07) is 21.9. The molecular formula is C45H29N5. The van der Waals surface area contributed by atoms with Crippen LogP contribution in [0, 0.1) is 0 Å². The molecule has 3 heterocycles. The van der Waals surface area contributed by atoms with Crippen molar-refractivity contribution in [3.63, 3.8) is 0 Å². The molecule has 50 heavy (non-hydrogen) atoms. The zero-order valence-corrected chi connectivity index (χ0v) is 26.0. The fourth-order valence-electron chi connectivity index (χ4n) is 6.54. The van der Waals surface area contributed by atoms with Crippen LogP contribution < -0.4 is 0 Å². The number of para-hydroxylation sites is 4. The number of benzene rings is 7. The van der Waals surface area contributed by atoms with Gasteiger partial charge in [-0.25, -0.2) is 4.98 Å². The molecule has 5 nitrogen and oxygen atoms in total. The van der Waals surface area contributed by atoms with Crippen molar-refractivity contribution in [3.8, 4) is 45.5 Å². The fraction of sp³-hybridized carbons (Fsp3) is 0. The molecule has 0 spiro atoms. The lowest BCUT2D eigenvalue weighted by atomic mass is 10.0. The normalized spacial score (nSPS) is 15.2. The van der Waals surface area contributed by atoms with Gasteiger partial charge in [-0.05, 0) is 53.5 Å². The minimum Gasteiger partial charge on any atom is -0.309 e. The third-order valence-corrected chi connectivity index (χ3v) is 8.69. The van der Waals surface area contributed by atoms with Crippen LogP contribution in [-0.4, -0.2) is 24.1 Å². The molecule has 10 aromatic rings. The second kappa shape index (κ2) is 11.4. The molecule has 0 saturated heterocycles. The molecule has 0 atom stereocenters. The molecule has 0 fully saturated rings. The minimum absolute atomic E-state index is 0.0597. The van der Waals surface area contributed by atoms with Crippen LogP contribution in [0.15, 0.2) is 176 Å². The average Bonchev–Trinajstić information content (AvgIpc) is 3.85. The van der Waals surface area contributed by atoms with Crippen molar-refractivity contribution < 1.29 is 17.8 Å². The van der Waals surface area contributed by atoms with Crippen LogP contribution in [0.4, 0.5) is 0 Å². The van der Waals surface area contributed by atoms with Crippen molar-refractivity contribution in [2.24, 2.45) is 0 Å². The van der Waals surface area contributed by atoms with E-state index >= 15 is 0 Å². The molecule has 0 saturated carbocycles. The Bertz CT molecular complexity index is 3460. The highest BCUT2D eigenvalue weighted by molar-refractivity contribution is 6.10. The second-order valence-corrected chi connectivity index (χ2v) is 11.6. The molecule has 0 aliphatic heterocycles. The van der Waals surface area contributed by atoms with Gasteiger partial charge in [-0.1, -0.05) is 133 Å². The lowest BCUT2D eigenvalue weighted by Crippen LogP contribution is -2.06. The highest BCUT2D eigenvalue weighted by Crippen LogP contribution is 2.37. The molecule has 10 rings (SSSR count). The lowest BCUT2D eigenvalue weighted by molar-refractivity contribution is 0.953. The molecular weight excluding hydrogens is 611 g/mol. The fourth-order valence-corrected chi connectivity index (χ4v) is 6.54. The van der Waals surface area contributed by atoms with Crippen LogP contribution >= 0.6 is 0 Å². The summed E-state index contributed by atoms with van der Waals surface area (Å²) in [5.74, 6) is 0.569. The first-order valence-corrected chi connectivity index (χ1v) is 15.7. The van der Waals surface area contributed by atoms with Crippen LogP contribution in [0.1, 0.15) is 17.8 Å². The van der Waals surface area contributed by atoms with E-state index in [-0.39, 0.29) is 61.8 Å². The topological polar surface area (TPSA) is 48.5 Å². The Balaban J connectivity index is 1.38. The standard InChI is InChI=1S/C45H29N5/c1-3-15-30(16-4-1)32-27-33(29-34(28-32)49-39-23-11-7-19-35(39)36-20-8-12-24-40(36)49)44-46-43(31-17-5-2-6-18-31)47-45(48-44)50-41-25-13-9-21-37(41)38-22-10-14-26-42(38)50/h1-29H/i1D,3D,4D,7D,8D,11D,12D,15D,16D,19D,20D,23D,24D.